The summed E-state index contributed by atoms with van der Waals surface area (Å²) in [6.45, 7) is 7.13. The van der Waals surface area contributed by atoms with Gasteiger partial charge in [-0.3, -0.25) is 4.79 Å². The van der Waals surface area contributed by atoms with Crippen molar-refractivity contribution in [2.75, 3.05) is 0 Å². The Hall–Kier alpha value is -0.570. The van der Waals surface area contributed by atoms with E-state index >= 15 is 0 Å². The Balaban J connectivity index is 1.45. The molecular weight excluding hydrogens is 312 g/mol. The average molecular weight is 347 g/mol. The predicted molar refractivity (Wildman–Crippen MR) is 95.7 cm³/mol. The number of fused-ring (bicyclic) bond motifs is 7. The number of carbonyl (C=O) groups excluding carboxylic acids is 1. The summed E-state index contributed by atoms with van der Waals surface area (Å²) in [5.41, 5.74) is 0.734. The number of hydrogen-bond acceptors (Lipinski definition) is 3. The van der Waals surface area contributed by atoms with Crippen molar-refractivity contribution in [3.8, 4) is 0 Å². The molecule has 3 heteroatoms. The van der Waals surface area contributed by atoms with E-state index < -0.39 is 0 Å². The normalized spacial score (nSPS) is 60.2. The van der Waals surface area contributed by atoms with Gasteiger partial charge in [0.1, 0.15) is 6.10 Å². The molecule has 5 aliphatic rings. The zero-order valence-corrected chi connectivity index (χ0v) is 16.0. The molecule has 1 aliphatic heterocycles. The van der Waals surface area contributed by atoms with Crippen molar-refractivity contribution in [3.05, 3.63) is 0 Å². The van der Waals surface area contributed by atoms with Crippen molar-refractivity contribution in [2.45, 2.75) is 84.3 Å². The molecule has 0 amide bonds. The lowest BCUT2D eigenvalue weighted by molar-refractivity contribution is -0.147. The lowest BCUT2D eigenvalue weighted by Gasteiger charge is -2.61. The van der Waals surface area contributed by atoms with Crippen LogP contribution in [0.2, 0.25) is 0 Å². The first-order chi connectivity index (χ1) is 11.8. The minimum absolute atomic E-state index is 0.0498. The van der Waals surface area contributed by atoms with Gasteiger partial charge in [-0.1, -0.05) is 20.8 Å². The number of carbonyl (C=O) groups is 1. The van der Waals surface area contributed by atoms with Gasteiger partial charge < -0.3 is 9.84 Å². The van der Waals surface area contributed by atoms with Crippen LogP contribution >= 0.6 is 0 Å². The van der Waals surface area contributed by atoms with Crippen molar-refractivity contribution < 1.29 is 14.6 Å². The topological polar surface area (TPSA) is 46.5 Å². The minimum atomic E-state index is -0.0606. The van der Waals surface area contributed by atoms with Gasteiger partial charge in [0, 0.05) is 5.92 Å². The zero-order valence-electron chi connectivity index (χ0n) is 16.0. The average Bonchev–Trinajstić information content (AvgIpc) is 3.02. The highest BCUT2D eigenvalue weighted by Crippen LogP contribution is 2.69. The molecule has 10 atom stereocenters. The lowest BCUT2D eigenvalue weighted by atomic mass is 9.44. The molecule has 0 aromatic carbocycles. The monoisotopic (exact) mass is 346 g/mol. The molecular formula is C22H34O3. The summed E-state index contributed by atoms with van der Waals surface area (Å²) in [5, 5.41) is 10.2. The maximum Gasteiger partial charge on any atom is 0.309 e. The number of rotatable bonds is 0. The summed E-state index contributed by atoms with van der Waals surface area (Å²) < 4.78 is 5.81. The van der Waals surface area contributed by atoms with Crippen molar-refractivity contribution in [1.29, 1.82) is 0 Å². The molecule has 0 spiro atoms. The first-order valence-corrected chi connectivity index (χ1v) is 10.7. The maximum absolute atomic E-state index is 12.1. The molecule has 10 unspecified atom stereocenters. The molecule has 1 saturated heterocycles. The Morgan fingerprint density at radius 3 is 2.56 bits per heavy atom. The van der Waals surface area contributed by atoms with E-state index in [0.29, 0.717) is 16.7 Å². The van der Waals surface area contributed by atoms with Crippen LogP contribution in [-0.4, -0.2) is 23.3 Å². The van der Waals surface area contributed by atoms with Gasteiger partial charge in [0.2, 0.25) is 0 Å². The zero-order chi connectivity index (χ0) is 17.6. The van der Waals surface area contributed by atoms with Crippen molar-refractivity contribution in [3.63, 3.8) is 0 Å². The Bertz CT molecular complexity index is 588. The second-order valence-corrected chi connectivity index (χ2v) is 10.7. The number of aliphatic hydroxyl groups excluding tert-OH is 1. The molecule has 0 bridgehead atoms. The van der Waals surface area contributed by atoms with Gasteiger partial charge in [0.05, 0.1) is 12.0 Å². The van der Waals surface area contributed by atoms with E-state index in [1.165, 1.54) is 32.1 Å². The van der Waals surface area contributed by atoms with Crippen molar-refractivity contribution in [2.24, 2.45) is 46.3 Å². The fourth-order valence-corrected chi connectivity index (χ4v) is 8.68. The third kappa shape index (κ3) is 2.05. The van der Waals surface area contributed by atoms with E-state index in [1.54, 1.807) is 0 Å². The molecule has 140 valence electrons. The summed E-state index contributed by atoms with van der Waals surface area (Å²) in [5.74, 6) is 3.68. The van der Waals surface area contributed by atoms with Crippen LogP contribution in [0.5, 0.6) is 0 Å². The van der Waals surface area contributed by atoms with Gasteiger partial charge in [-0.15, -0.1) is 0 Å². The smallest absolute Gasteiger partial charge is 0.309 e. The van der Waals surface area contributed by atoms with Gasteiger partial charge in [-0.25, -0.2) is 0 Å². The molecule has 0 aromatic rings. The third-order valence-electron chi connectivity index (χ3n) is 9.90. The minimum Gasteiger partial charge on any atom is -0.462 e. The van der Waals surface area contributed by atoms with Gasteiger partial charge >= 0.3 is 5.97 Å². The van der Waals surface area contributed by atoms with E-state index in [1.807, 2.05) is 0 Å². The van der Waals surface area contributed by atoms with E-state index in [-0.39, 0.29) is 24.1 Å². The van der Waals surface area contributed by atoms with Crippen LogP contribution in [0.3, 0.4) is 0 Å². The van der Waals surface area contributed by atoms with Crippen molar-refractivity contribution >= 4 is 5.97 Å². The number of aliphatic hydroxyl groups is 1. The molecule has 5 rings (SSSR count). The van der Waals surface area contributed by atoms with Gasteiger partial charge in [-0.05, 0) is 85.9 Å². The first kappa shape index (κ1) is 16.6. The molecule has 25 heavy (non-hydrogen) atoms. The summed E-state index contributed by atoms with van der Waals surface area (Å²) in [4.78, 5) is 12.1. The number of hydrogen-bond donors (Lipinski definition) is 1. The van der Waals surface area contributed by atoms with Gasteiger partial charge in [-0.2, -0.15) is 0 Å². The lowest BCUT2D eigenvalue weighted by Crippen LogP contribution is -2.54. The fourth-order valence-electron chi connectivity index (χ4n) is 8.68. The van der Waals surface area contributed by atoms with Crippen LogP contribution in [-0.2, 0) is 9.53 Å². The van der Waals surface area contributed by atoms with Crippen LogP contribution in [0.1, 0.15) is 72.1 Å². The Morgan fingerprint density at radius 2 is 1.76 bits per heavy atom. The highest BCUT2D eigenvalue weighted by atomic mass is 16.6. The Morgan fingerprint density at radius 1 is 1.00 bits per heavy atom. The largest absolute Gasteiger partial charge is 0.462 e. The summed E-state index contributed by atoms with van der Waals surface area (Å²) in [7, 11) is 0. The number of esters is 1. The van der Waals surface area contributed by atoms with Crippen LogP contribution in [0, 0.1) is 46.3 Å². The summed E-state index contributed by atoms with van der Waals surface area (Å²) >= 11 is 0. The van der Waals surface area contributed by atoms with Crippen molar-refractivity contribution in [1.82, 2.24) is 0 Å². The predicted octanol–water partition coefficient (Wildman–Crippen LogP) is 4.18. The highest BCUT2D eigenvalue weighted by Gasteiger charge is 2.66. The first-order valence-electron chi connectivity index (χ1n) is 10.7. The second-order valence-electron chi connectivity index (χ2n) is 10.7. The SMILES string of the molecule is CC1C(=O)OC2CC3C4CCC5CC(O)CCC5(C)C4CCC3(C)C21. The van der Waals surface area contributed by atoms with Crippen LogP contribution in [0.4, 0.5) is 0 Å². The maximum atomic E-state index is 12.1. The Kier molecular flexibility index (Phi) is 3.48. The third-order valence-corrected chi connectivity index (χ3v) is 9.90. The summed E-state index contributed by atoms with van der Waals surface area (Å²) in [6, 6.07) is 0. The van der Waals surface area contributed by atoms with Crippen LogP contribution in [0.15, 0.2) is 0 Å². The second kappa shape index (κ2) is 5.24. The van der Waals surface area contributed by atoms with Gasteiger partial charge in [0.15, 0.2) is 0 Å². The molecule has 4 saturated carbocycles. The Labute approximate surface area is 151 Å². The quantitative estimate of drug-likeness (QED) is 0.669. The van der Waals surface area contributed by atoms with E-state index in [2.05, 4.69) is 20.8 Å². The molecule has 1 heterocycles. The van der Waals surface area contributed by atoms with E-state index in [4.69, 9.17) is 4.74 Å². The van der Waals surface area contributed by atoms with Gasteiger partial charge in [0.25, 0.3) is 0 Å². The van der Waals surface area contributed by atoms with E-state index in [9.17, 15) is 9.90 Å². The highest BCUT2D eigenvalue weighted by molar-refractivity contribution is 5.75. The van der Waals surface area contributed by atoms with Crippen LogP contribution in [0.25, 0.3) is 0 Å². The molecule has 0 radical (unpaired) electrons. The summed E-state index contributed by atoms with van der Waals surface area (Å²) in [6.07, 6.45) is 9.70. The number of ether oxygens (including phenoxy) is 1. The fraction of sp³-hybridized carbons (Fsp3) is 0.955. The van der Waals surface area contributed by atoms with Crippen LogP contribution < -0.4 is 0 Å². The van der Waals surface area contributed by atoms with E-state index in [0.717, 1.165) is 42.9 Å². The molecule has 5 fully saturated rings. The molecule has 4 aliphatic carbocycles. The molecule has 1 N–H and O–H groups in total. The molecule has 3 nitrogen and oxygen atoms in total. The standard InChI is InChI=1S/C22H34O3/c1-12-19-18(25-20(12)24)11-17-15-5-4-13-10-14(23)6-8-21(13,2)16(15)7-9-22(17,19)3/h12-19,23H,4-11H2,1-3H3. The molecule has 0 aromatic heterocycles.